The van der Waals surface area contributed by atoms with Crippen molar-refractivity contribution in [3.63, 3.8) is 0 Å². The minimum absolute atomic E-state index is 0.0346. The van der Waals surface area contributed by atoms with Crippen LogP contribution in [-0.2, 0) is 10.1 Å². The van der Waals surface area contributed by atoms with Crippen LogP contribution in [0.4, 0.5) is 0 Å². The van der Waals surface area contributed by atoms with E-state index in [9.17, 15) is 13.5 Å². The smallest absolute Gasteiger partial charge is 0.266 e. The molecule has 0 bridgehead atoms. The fourth-order valence-corrected chi connectivity index (χ4v) is 1.26. The van der Waals surface area contributed by atoms with Gasteiger partial charge >= 0.3 is 0 Å². The summed E-state index contributed by atoms with van der Waals surface area (Å²) in [6, 6.07) is 6.55. The van der Waals surface area contributed by atoms with Crippen molar-refractivity contribution >= 4 is 16.3 Å². The summed E-state index contributed by atoms with van der Waals surface area (Å²) in [5, 5.41) is 9.31. The molecule has 0 atom stereocenters. The number of para-hydroxylation sites is 1. The summed E-state index contributed by atoms with van der Waals surface area (Å²) in [7, 11) is -3.96. The molecule has 6 heteroatoms. The molecule has 0 saturated carbocycles. The fraction of sp³-hybridized carbons (Fsp3) is 0.222. The van der Waals surface area contributed by atoms with Gasteiger partial charge in [-0.05, 0) is 12.1 Å². The highest BCUT2D eigenvalue weighted by Crippen LogP contribution is 2.12. The second-order valence-electron chi connectivity index (χ2n) is 2.88. The summed E-state index contributed by atoms with van der Waals surface area (Å²) in [5.74, 6) is -0.343. The van der Waals surface area contributed by atoms with Crippen molar-refractivity contribution in [1.82, 2.24) is 0 Å². The Kier molecular flexibility index (Phi) is 3.81. The molecule has 2 N–H and O–H groups in total. The maximum atomic E-state index is 10.3. The van der Waals surface area contributed by atoms with Gasteiger partial charge in [0.05, 0.1) is 12.3 Å². The minimum atomic E-state index is -3.96. The van der Waals surface area contributed by atoms with Crippen molar-refractivity contribution in [3.05, 3.63) is 29.8 Å². The number of hydrogen-bond acceptors (Lipinski definition) is 4. The molecule has 0 aromatic heterocycles. The second kappa shape index (κ2) is 4.90. The van der Waals surface area contributed by atoms with Crippen molar-refractivity contribution in [2.45, 2.75) is 0 Å². The molecular formula is C9H11NO4S. The number of aromatic hydroxyl groups is 1. The van der Waals surface area contributed by atoms with Gasteiger partial charge in [-0.2, -0.15) is 8.42 Å². The molecule has 0 fully saturated rings. The number of hydrogen-bond donors (Lipinski definition) is 2. The highest BCUT2D eigenvalue weighted by atomic mass is 32.2. The number of phenols is 1. The van der Waals surface area contributed by atoms with Crippen molar-refractivity contribution < 1.29 is 18.1 Å². The van der Waals surface area contributed by atoms with Gasteiger partial charge < -0.3 is 5.11 Å². The number of nitrogens with zero attached hydrogens (tertiary/aromatic N) is 1. The van der Waals surface area contributed by atoms with E-state index in [2.05, 4.69) is 4.99 Å². The average Bonchev–Trinajstić information content (AvgIpc) is 2.13. The Labute approximate surface area is 87.8 Å². The first kappa shape index (κ1) is 11.7. The highest BCUT2D eigenvalue weighted by molar-refractivity contribution is 7.85. The number of phenolic OH excluding ortho intramolecular Hbond substituents is 1. The molecular weight excluding hydrogens is 218 g/mol. The molecule has 82 valence electrons. The molecule has 5 nitrogen and oxygen atoms in total. The molecule has 1 aromatic rings. The highest BCUT2D eigenvalue weighted by Gasteiger charge is 2.01. The molecule has 0 heterocycles. The van der Waals surface area contributed by atoms with E-state index in [0.29, 0.717) is 5.56 Å². The molecule has 0 amide bonds. The van der Waals surface area contributed by atoms with E-state index < -0.39 is 15.9 Å². The lowest BCUT2D eigenvalue weighted by Gasteiger charge is -1.96. The Morgan fingerprint density at radius 1 is 1.33 bits per heavy atom. The van der Waals surface area contributed by atoms with Gasteiger partial charge in [-0.1, -0.05) is 12.1 Å². The van der Waals surface area contributed by atoms with Crippen LogP contribution in [0.1, 0.15) is 5.56 Å². The number of aliphatic imine (C=N–C) groups is 1. The van der Waals surface area contributed by atoms with Gasteiger partial charge in [-0.15, -0.1) is 0 Å². The average molecular weight is 229 g/mol. The lowest BCUT2D eigenvalue weighted by atomic mass is 10.2. The summed E-state index contributed by atoms with van der Waals surface area (Å²) >= 11 is 0. The van der Waals surface area contributed by atoms with E-state index in [1.807, 2.05) is 0 Å². The molecule has 15 heavy (non-hydrogen) atoms. The minimum Gasteiger partial charge on any atom is -0.507 e. The monoisotopic (exact) mass is 229 g/mol. The second-order valence-corrected chi connectivity index (χ2v) is 4.45. The third kappa shape index (κ3) is 4.57. The Balaban J connectivity index is 2.56. The van der Waals surface area contributed by atoms with Crippen LogP contribution in [0.2, 0.25) is 0 Å². The van der Waals surface area contributed by atoms with Gasteiger partial charge in [0.1, 0.15) is 5.75 Å². The first-order valence-electron chi connectivity index (χ1n) is 4.22. The first-order valence-corrected chi connectivity index (χ1v) is 5.83. The zero-order chi connectivity index (χ0) is 11.3. The molecule has 1 aromatic carbocycles. The van der Waals surface area contributed by atoms with E-state index in [-0.39, 0.29) is 12.3 Å². The predicted octanol–water partition coefficient (Wildman–Crippen LogP) is 0.699. The maximum absolute atomic E-state index is 10.3. The van der Waals surface area contributed by atoms with Gasteiger partial charge in [0, 0.05) is 11.8 Å². The molecule has 0 saturated heterocycles. The first-order chi connectivity index (χ1) is 6.99. The largest absolute Gasteiger partial charge is 0.507 e. The van der Waals surface area contributed by atoms with Crippen LogP contribution in [0, 0.1) is 0 Å². The van der Waals surface area contributed by atoms with Gasteiger partial charge in [-0.3, -0.25) is 9.55 Å². The quantitative estimate of drug-likeness (QED) is 0.587. The van der Waals surface area contributed by atoms with Crippen molar-refractivity contribution in [1.29, 1.82) is 0 Å². The van der Waals surface area contributed by atoms with E-state index in [1.54, 1.807) is 18.2 Å². The Hall–Kier alpha value is -1.40. The molecule has 0 aliphatic heterocycles. The third-order valence-electron chi connectivity index (χ3n) is 1.65. The lowest BCUT2D eigenvalue weighted by Crippen LogP contribution is -2.06. The molecule has 0 aliphatic carbocycles. The van der Waals surface area contributed by atoms with Crippen LogP contribution >= 0.6 is 0 Å². The molecule has 0 spiro atoms. The molecule has 1 rings (SSSR count). The standard InChI is InChI=1S/C9H11NO4S/c11-9-4-2-1-3-8(9)7-10-5-6-15(12,13)14/h1-4,7,11H,5-6H2,(H,12,13,14). The maximum Gasteiger partial charge on any atom is 0.266 e. The van der Waals surface area contributed by atoms with Crippen LogP contribution in [0.3, 0.4) is 0 Å². The van der Waals surface area contributed by atoms with Crippen LogP contribution in [0.25, 0.3) is 0 Å². The van der Waals surface area contributed by atoms with E-state index in [1.165, 1.54) is 12.3 Å². The Bertz CT molecular complexity index is 453. The summed E-state index contributed by atoms with van der Waals surface area (Å²) in [4.78, 5) is 3.76. The number of benzene rings is 1. The lowest BCUT2D eigenvalue weighted by molar-refractivity contribution is 0.474. The van der Waals surface area contributed by atoms with Crippen molar-refractivity contribution in [3.8, 4) is 5.75 Å². The predicted molar refractivity (Wildman–Crippen MR) is 57.0 cm³/mol. The molecule has 0 radical (unpaired) electrons. The van der Waals surface area contributed by atoms with Gasteiger partial charge in [0.25, 0.3) is 10.1 Å². The molecule has 0 unspecified atom stereocenters. The SMILES string of the molecule is O=S(=O)(O)CCN=Cc1ccccc1O. The Morgan fingerprint density at radius 2 is 2.00 bits per heavy atom. The third-order valence-corrected chi connectivity index (χ3v) is 2.34. The van der Waals surface area contributed by atoms with Crippen LogP contribution in [-0.4, -0.2) is 36.6 Å². The summed E-state index contributed by atoms with van der Waals surface area (Å²) in [6.07, 6.45) is 1.36. The van der Waals surface area contributed by atoms with Crippen LogP contribution in [0.5, 0.6) is 5.75 Å². The summed E-state index contributed by atoms with van der Waals surface area (Å²) in [6.45, 7) is -0.0346. The van der Waals surface area contributed by atoms with Gasteiger partial charge in [0.2, 0.25) is 0 Å². The summed E-state index contributed by atoms with van der Waals surface area (Å²) in [5.41, 5.74) is 0.507. The van der Waals surface area contributed by atoms with E-state index >= 15 is 0 Å². The fourth-order valence-electron chi connectivity index (χ4n) is 0.928. The summed E-state index contributed by atoms with van der Waals surface area (Å²) < 4.78 is 29.1. The van der Waals surface area contributed by atoms with E-state index in [0.717, 1.165) is 0 Å². The topological polar surface area (TPSA) is 87.0 Å². The van der Waals surface area contributed by atoms with Crippen molar-refractivity contribution in [2.24, 2.45) is 4.99 Å². The van der Waals surface area contributed by atoms with Crippen LogP contribution in [0.15, 0.2) is 29.3 Å². The van der Waals surface area contributed by atoms with E-state index in [4.69, 9.17) is 4.55 Å². The zero-order valence-corrected chi connectivity index (χ0v) is 8.68. The molecule has 0 aliphatic rings. The number of rotatable bonds is 4. The zero-order valence-electron chi connectivity index (χ0n) is 7.87. The Morgan fingerprint density at radius 3 is 2.60 bits per heavy atom. The van der Waals surface area contributed by atoms with Gasteiger partial charge in [0.15, 0.2) is 0 Å². The van der Waals surface area contributed by atoms with Crippen LogP contribution < -0.4 is 0 Å². The van der Waals surface area contributed by atoms with Gasteiger partial charge in [-0.25, -0.2) is 0 Å². The normalized spacial score (nSPS) is 12.1. The van der Waals surface area contributed by atoms with Crippen molar-refractivity contribution in [2.75, 3.05) is 12.3 Å².